The van der Waals surface area contributed by atoms with Crippen LogP contribution in [0.15, 0.2) is 0 Å². The summed E-state index contributed by atoms with van der Waals surface area (Å²) in [5.74, 6) is 2.04. The lowest BCUT2D eigenvalue weighted by atomic mass is 9.84. The molecule has 1 aliphatic rings. The third kappa shape index (κ3) is 19.8. The third-order valence-corrected chi connectivity index (χ3v) is 2.30. The highest BCUT2D eigenvalue weighted by Gasteiger charge is 2.13. The van der Waals surface area contributed by atoms with Gasteiger partial charge in [0.2, 0.25) is 6.41 Å². The second-order valence-corrected chi connectivity index (χ2v) is 3.50. The Hall–Kier alpha value is -0.530. The molecule has 0 aromatic rings. The van der Waals surface area contributed by atoms with Crippen molar-refractivity contribution in [2.24, 2.45) is 17.6 Å². The Morgan fingerprint density at radius 3 is 1.13 bits per heavy atom. The second-order valence-electron chi connectivity index (χ2n) is 3.50. The van der Waals surface area contributed by atoms with Crippen LogP contribution in [-0.4, -0.2) is 6.41 Å². The van der Waals surface area contributed by atoms with Gasteiger partial charge in [-0.25, -0.2) is 0 Å². The summed E-state index contributed by atoms with van der Waals surface area (Å²) in [7, 11) is 0. The molecular weight excluding hydrogens is 186 g/mol. The molecule has 0 aromatic heterocycles. The Morgan fingerprint density at radius 2 is 1.00 bits per heavy atom. The molecule has 15 heavy (non-hydrogen) atoms. The lowest BCUT2D eigenvalue weighted by Crippen LogP contribution is -2.08. The summed E-state index contributed by atoms with van der Waals surface area (Å²) < 4.78 is 0. The lowest BCUT2D eigenvalue weighted by molar-refractivity contribution is -0.106. The van der Waals surface area contributed by atoms with E-state index in [0.29, 0.717) is 0 Å². The van der Waals surface area contributed by atoms with Gasteiger partial charge in [0.15, 0.2) is 0 Å². The van der Waals surface area contributed by atoms with Crippen LogP contribution in [0.5, 0.6) is 0 Å². The summed E-state index contributed by atoms with van der Waals surface area (Å²) in [5, 5.41) is 0. The second kappa shape index (κ2) is 19.1. The van der Waals surface area contributed by atoms with Gasteiger partial charge in [-0.2, -0.15) is 0 Å². The van der Waals surface area contributed by atoms with Gasteiger partial charge in [0.1, 0.15) is 0 Å². The molecule has 0 aliphatic heterocycles. The lowest BCUT2D eigenvalue weighted by Gasteiger charge is -2.22. The minimum absolute atomic E-state index is 0.250. The number of hydrogen-bond acceptors (Lipinski definition) is 1. The monoisotopic (exact) mass is 217 g/mol. The van der Waals surface area contributed by atoms with Crippen molar-refractivity contribution in [2.45, 2.75) is 67.2 Å². The zero-order valence-electron chi connectivity index (χ0n) is 11.5. The van der Waals surface area contributed by atoms with Crippen molar-refractivity contribution in [2.75, 3.05) is 0 Å². The minimum atomic E-state index is 0.250. The van der Waals surface area contributed by atoms with Gasteiger partial charge in [0.05, 0.1) is 0 Å². The summed E-state index contributed by atoms with van der Waals surface area (Å²) in [4.78, 5) is 8.58. The first-order valence-electron chi connectivity index (χ1n) is 6.36. The van der Waals surface area contributed by atoms with Crippen LogP contribution in [0.2, 0.25) is 0 Å². The van der Waals surface area contributed by atoms with Crippen LogP contribution in [0.1, 0.15) is 67.2 Å². The van der Waals surface area contributed by atoms with Crippen LogP contribution in [-0.2, 0) is 4.79 Å². The van der Waals surface area contributed by atoms with E-state index in [9.17, 15) is 0 Å². The summed E-state index contributed by atoms with van der Waals surface area (Å²) in [5.41, 5.74) is 4.17. The molecule has 0 radical (unpaired) electrons. The zero-order valence-corrected chi connectivity index (χ0v) is 11.5. The summed E-state index contributed by atoms with van der Waals surface area (Å²) >= 11 is 0. The van der Waals surface area contributed by atoms with Crippen molar-refractivity contribution in [3.63, 3.8) is 0 Å². The normalized spacial score (nSPS) is 22.8. The van der Waals surface area contributed by atoms with E-state index in [-0.39, 0.29) is 6.41 Å². The Bertz CT molecular complexity index is 86.7. The predicted octanol–water partition coefficient (Wildman–Crippen LogP) is 3.99. The SMILES string of the molecule is CC.CC.CC1CCC(C)CC1.NC=O. The van der Waals surface area contributed by atoms with Crippen molar-refractivity contribution < 1.29 is 4.79 Å². The zero-order chi connectivity index (χ0) is 12.7. The molecule has 0 unspecified atom stereocenters. The smallest absolute Gasteiger partial charge is 0.204 e. The van der Waals surface area contributed by atoms with Crippen molar-refractivity contribution in [1.82, 2.24) is 0 Å². The molecule has 1 saturated carbocycles. The van der Waals surface area contributed by atoms with E-state index in [0.717, 1.165) is 11.8 Å². The fourth-order valence-electron chi connectivity index (χ4n) is 1.43. The number of nitrogens with two attached hydrogens (primary N) is 1. The molecule has 1 aliphatic carbocycles. The van der Waals surface area contributed by atoms with Crippen molar-refractivity contribution in [3.8, 4) is 0 Å². The highest BCUT2D eigenvalue weighted by atomic mass is 16.1. The average molecular weight is 217 g/mol. The van der Waals surface area contributed by atoms with Crippen molar-refractivity contribution >= 4 is 6.41 Å². The fraction of sp³-hybridized carbons (Fsp3) is 0.923. The maximum Gasteiger partial charge on any atom is 0.204 e. The Kier molecular flexibility index (Phi) is 25.4. The average Bonchev–Trinajstić information content (AvgIpc) is 2.29. The van der Waals surface area contributed by atoms with Crippen molar-refractivity contribution in [3.05, 3.63) is 0 Å². The molecule has 0 saturated heterocycles. The summed E-state index contributed by atoms with van der Waals surface area (Å²) in [6, 6.07) is 0. The van der Waals surface area contributed by atoms with E-state index in [1.807, 2.05) is 27.7 Å². The van der Waals surface area contributed by atoms with Gasteiger partial charge < -0.3 is 5.73 Å². The summed E-state index contributed by atoms with van der Waals surface area (Å²) in [6.07, 6.45) is 6.14. The van der Waals surface area contributed by atoms with Crippen LogP contribution < -0.4 is 5.73 Å². The van der Waals surface area contributed by atoms with E-state index in [1.54, 1.807) is 0 Å². The molecule has 0 aromatic carbocycles. The number of carbonyl (C=O) groups is 1. The van der Waals surface area contributed by atoms with Gasteiger partial charge in [-0.15, -0.1) is 0 Å². The van der Waals surface area contributed by atoms with Crippen LogP contribution >= 0.6 is 0 Å². The van der Waals surface area contributed by atoms with E-state index >= 15 is 0 Å². The molecule has 0 spiro atoms. The summed E-state index contributed by atoms with van der Waals surface area (Å²) in [6.45, 7) is 12.7. The molecular formula is C13H31NO. The van der Waals surface area contributed by atoms with Gasteiger partial charge in [-0.05, 0) is 11.8 Å². The maximum absolute atomic E-state index is 8.58. The quantitative estimate of drug-likeness (QED) is 0.613. The first-order valence-corrected chi connectivity index (χ1v) is 6.36. The van der Waals surface area contributed by atoms with E-state index in [1.165, 1.54) is 25.7 Å². The van der Waals surface area contributed by atoms with Crippen LogP contribution in [0.25, 0.3) is 0 Å². The Labute approximate surface area is 96.6 Å². The number of rotatable bonds is 0. The highest BCUT2D eigenvalue weighted by molar-refractivity contribution is 5.42. The number of carbonyl (C=O) groups excluding carboxylic acids is 1. The van der Waals surface area contributed by atoms with Gasteiger partial charge in [0.25, 0.3) is 0 Å². The maximum atomic E-state index is 8.58. The Morgan fingerprint density at radius 1 is 0.867 bits per heavy atom. The number of hydrogen-bond donors (Lipinski definition) is 1. The van der Waals surface area contributed by atoms with E-state index in [2.05, 4.69) is 19.6 Å². The molecule has 94 valence electrons. The first kappa shape index (κ1) is 20.0. The first-order chi connectivity index (χ1) is 7.20. The third-order valence-electron chi connectivity index (χ3n) is 2.30. The number of amides is 1. The molecule has 2 N–H and O–H groups in total. The number of primary amides is 1. The van der Waals surface area contributed by atoms with Gasteiger partial charge >= 0.3 is 0 Å². The molecule has 2 nitrogen and oxygen atoms in total. The molecule has 0 heterocycles. The van der Waals surface area contributed by atoms with E-state index < -0.39 is 0 Å². The molecule has 0 atom stereocenters. The Balaban J connectivity index is -0.000000176. The molecule has 1 rings (SSSR count). The molecule has 2 heteroatoms. The van der Waals surface area contributed by atoms with Gasteiger partial charge in [-0.3, -0.25) is 4.79 Å². The molecule has 1 amide bonds. The minimum Gasteiger partial charge on any atom is -0.372 e. The molecule has 1 fully saturated rings. The van der Waals surface area contributed by atoms with Crippen LogP contribution in [0.3, 0.4) is 0 Å². The predicted molar refractivity (Wildman–Crippen MR) is 69.7 cm³/mol. The van der Waals surface area contributed by atoms with E-state index in [4.69, 9.17) is 4.79 Å². The van der Waals surface area contributed by atoms with Gasteiger partial charge in [0, 0.05) is 0 Å². The standard InChI is InChI=1S/C8H16.2C2H6.CH3NO/c1-7-3-5-8(2)6-4-7;2*1-2;2-1-3/h7-8H,3-6H2,1-2H3;2*1-2H3;1H,(H2,2,3). The highest BCUT2D eigenvalue weighted by Crippen LogP contribution is 2.27. The topological polar surface area (TPSA) is 43.1 Å². The van der Waals surface area contributed by atoms with Gasteiger partial charge in [-0.1, -0.05) is 67.2 Å². The van der Waals surface area contributed by atoms with Crippen LogP contribution in [0.4, 0.5) is 0 Å². The van der Waals surface area contributed by atoms with Crippen LogP contribution in [0, 0.1) is 11.8 Å². The molecule has 0 bridgehead atoms. The fourth-order valence-corrected chi connectivity index (χ4v) is 1.43. The van der Waals surface area contributed by atoms with Crippen molar-refractivity contribution in [1.29, 1.82) is 0 Å². The largest absolute Gasteiger partial charge is 0.372 e.